The quantitative estimate of drug-likeness (QED) is 0.921. The molecule has 2 nitrogen and oxygen atoms in total. The molecule has 1 N–H and O–H groups in total. The fraction of sp³-hybridized carbons (Fsp3) is 0.200. The van der Waals surface area contributed by atoms with Gasteiger partial charge < -0.3 is 9.84 Å². The maximum Gasteiger partial charge on any atom is 0.165 e. The molecular formula is C15H14F2O2. The fourth-order valence-corrected chi connectivity index (χ4v) is 1.82. The van der Waals surface area contributed by atoms with Gasteiger partial charge in [0.1, 0.15) is 11.9 Å². The highest BCUT2D eigenvalue weighted by molar-refractivity contribution is 5.36. The summed E-state index contributed by atoms with van der Waals surface area (Å²) >= 11 is 0. The van der Waals surface area contributed by atoms with Gasteiger partial charge >= 0.3 is 0 Å². The zero-order chi connectivity index (χ0) is 14.0. The molecule has 19 heavy (non-hydrogen) atoms. The molecule has 1 unspecified atom stereocenters. The van der Waals surface area contributed by atoms with E-state index in [0.717, 1.165) is 0 Å². The van der Waals surface area contributed by atoms with E-state index in [1.54, 1.807) is 25.1 Å². The van der Waals surface area contributed by atoms with Gasteiger partial charge in [-0.3, -0.25) is 0 Å². The molecule has 0 radical (unpaired) electrons. The van der Waals surface area contributed by atoms with Crippen molar-refractivity contribution in [3.63, 3.8) is 0 Å². The van der Waals surface area contributed by atoms with Gasteiger partial charge in [-0.1, -0.05) is 18.2 Å². The second kappa shape index (κ2) is 5.36. The molecular weight excluding hydrogens is 250 g/mol. The number of aliphatic hydroxyl groups excluding tert-OH is 1. The van der Waals surface area contributed by atoms with Crippen LogP contribution in [0.15, 0.2) is 36.4 Å². The highest BCUT2D eigenvalue weighted by atomic mass is 19.1. The first kappa shape index (κ1) is 13.5. The lowest BCUT2D eigenvalue weighted by atomic mass is 10.00. The summed E-state index contributed by atoms with van der Waals surface area (Å²) < 4.78 is 31.8. The second-order valence-corrected chi connectivity index (χ2v) is 4.31. The summed E-state index contributed by atoms with van der Waals surface area (Å²) in [4.78, 5) is 0. The Morgan fingerprint density at radius 1 is 1.00 bits per heavy atom. The van der Waals surface area contributed by atoms with Crippen molar-refractivity contribution in [3.05, 3.63) is 64.7 Å². The van der Waals surface area contributed by atoms with E-state index in [0.29, 0.717) is 16.7 Å². The average molecular weight is 264 g/mol. The molecule has 2 rings (SSSR count). The first-order valence-electron chi connectivity index (χ1n) is 5.80. The van der Waals surface area contributed by atoms with Gasteiger partial charge in [0.2, 0.25) is 0 Å². The van der Waals surface area contributed by atoms with E-state index in [4.69, 9.17) is 4.74 Å². The fourth-order valence-electron chi connectivity index (χ4n) is 1.82. The molecule has 100 valence electrons. The SMILES string of the molecule is COc1ccc(C(O)c2ccc(C)c(F)c2)cc1F. The summed E-state index contributed by atoms with van der Waals surface area (Å²) in [5.41, 5.74) is 1.23. The van der Waals surface area contributed by atoms with Crippen LogP contribution in [-0.2, 0) is 0 Å². The van der Waals surface area contributed by atoms with Crippen LogP contribution >= 0.6 is 0 Å². The van der Waals surface area contributed by atoms with Crippen molar-refractivity contribution in [1.29, 1.82) is 0 Å². The molecule has 2 aromatic rings. The minimum atomic E-state index is -1.07. The minimum absolute atomic E-state index is 0.103. The number of hydrogen-bond acceptors (Lipinski definition) is 2. The van der Waals surface area contributed by atoms with Gasteiger partial charge in [-0.05, 0) is 41.8 Å². The van der Waals surface area contributed by atoms with Gasteiger partial charge in [0.15, 0.2) is 11.6 Å². The predicted octanol–water partition coefficient (Wildman–Crippen LogP) is 3.36. The Morgan fingerprint density at radius 2 is 1.58 bits per heavy atom. The molecule has 0 heterocycles. The summed E-state index contributed by atoms with van der Waals surface area (Å²) in [5, 5.41) is 10.1. The molecule has 0 bridgehead atoms. The summed E-state index contributed by atoms with van der Waals surface area (Å²) in [5.74, 6) is -0.858. The van der Waals surface area contributed by atoms with Crippen molar-refractivity contribution in [2.24, 2.45) is 0 Å². The minimum Gasteiger partial charge on any atom is -0.494 e. The van der Waals surface area contributed by atoms with Crippen molar-refractivity contribution < 1.29 is 18.6 Å². The highest BCUT2D eigenvalue weighted by Crippen LogP contribution is 2.27. The maximum atomic E-state index is 13.6. The molecule has 0 saturated carbocycles. The number of hydrogen-bond donors (Lipinski definition) is 1. The first-order valence-corrected chi connectivity index (χ1v) is 5.80. The zero-order valence-corrected chi connectivity index (χ0v) is 10.7. The van der Waals surface area contributed by atoms with Crippen molar-refractivity contribution in [3.8, 4) is 5.75 Å². The predicted molar refractivity (Wildman–Crippen MR) is 68.2 cm³/mol. The number of methoxy groups -OCH3 is 1. The van der Waals surface area contributed by atoms with Crippen LogP contribution in [0.5, 0.6) is 5.75 Å². The van der Waals surface area contributed by atoms with Crippen LogP contribution in [0, 0.1) is 18.6 Å². The lowest BCUT2D eigenvalue weighted by Gasteiger charge is -2.13. The largest absolute Gasteiger partial charge is 0.494 e. The van der Waals surface area contributed by atoms with E-state index >= 15 is 0 Å². The van der Waals surface area contributed by atoms with Crippen molar-refractivity contribution in [2.75, 3.05) is 7.11 Å². The van der Waals surface area contributed by atoms with E-state index in [9.17, 15) is 13.9 Å². The molecule has 0 aliphatic carbocycles. The molecule has 2 aromatic carbocycles. The van der Waals surface area contributed by atoms with Crippen LogP contribution in [0.2, 0.25) is 0 Å². The number of rotatable bonds is 3. The van der Waals surface area contributed by atoms with Gasteiger partial charge in [0.25, 0.3) is 0 Å². The van der Waals surface area contributed by atoms with E-state index < -0.39 is 17.7 Å². The molecule has 0 amide bonds. The van der Waals surface area contributed by atoms with Crippen LogP contribution in [0.3, 0.4) is 0 Å². The Bertz CT molecular complexity index is 597. The summed E-state index contributed by atoms with van der Waals surface area (Å²) in [6, 6.07) is 8.60. The molecule has 0 spiro atoms. The molecule has 0 aromatic heterocycles. The normalized spacial score (nSPS) is 12.3. The van der Waals surface area contributed by atoms with Gasteiger partial charge in [0.05, 0.1) is 7.11 Å². The van der Waals surface area contributed by atoms with Crippen LogP contribution in [0.4, 0.5) is 8.78 Å². The van der Waals surface area contributed by atoms with E-state index in [-0.39, 0.29) is 5.75 Å². The van der Waals surface area contributed by atoms with Gasteiger partial charge in [-0.25, -0.2) is 8.78 Å². The summed E-state index contributed by atoms with van der Waals surface area (Å²) in [6.45, 7) is 1.64. The number of ether oxygens (including phenoxy) is 1. The average Bonchev–Trinajstić information content (AvgIpc) is 2.41. The lowest BCUT2D eigenvalue weighted by molar-refractivity contribution is 0.219. The molecule has 4 heteroatoms. The van der Waals surface area contributed by atoms with Gasteiger partial charge in [-0.15, -0.1) is 0 Å². The van der Waals surface area contributed by atoms with Crippen LogP contribution in [0.1, 0.15) is 22.8 Å². The van der Waals surface area contributed by atoms with Crippen LogP contribution < -0.4 is 4.74 Å². The number of aliphatic hydroxyl groups is 1. The zero-order valence-electron chi connectivity index (χ0n) is 10.7. The molecule has 0 saturated heterocycles. The topological polar surface area (TPSA) is 29.5 Å². The monoisotopic (exact) mass is 264 g/mol. The van der Waals surface area contributed by atoms with Crippen LogP contribution in [0.25, 0.3) is 0 Å². The third-order valence-electron chi connectivity index (χ3n) is 3.00. The van der Waals surface area contributed by atoms with E-state index in [2.05, 4.69) is 0 Å². The Balaban J connectivity index is 2.35. The summed E-state index contributed by atoms with van der Waals surface area (Å²) in [6.07, 6.45) is -1.07. The number of aryl methyl sites for hydroxylation is 1. The third-order valence-corrected chi connectivity index (χ3v) is 3.00. The Hall–Kier alpha value is -1.94. The molecule has 0 fully saturated rings. The van der Waals surface area contributed by atoms with Gasteiger partial charge in [-0.2, -0.15) is 0 Å². The standard InChI is InChI=1S/C15H14F2O2/c1-9-3-4-10(7-12(9)16)15(18)11-5-6-14(19-2)13(17)8-11/h3-8,15,18H,1-2H3. The van der Waals surface area contributed by atoms with Crippen molar-refractivity contribution in [2.45, 2.75) is 13.0 Å². The first-order chi connectivity index (χ1) is 9.02. The van der Waals surface area contributed by atoms with E-state index in [1.807, 2.05) is 0 Å². The van der Waals surface area contributed by atoms with Crippen molar-refractivity contribution in [1.82, 2.24) is 0 Å². The van der Waals surface area contributed by atoms with Crippen LogP contribution in [-0.4, -0.2) is 12.2 Å². The maximum absolute atomic E-state index is 13.6. The molecule has 0 aliphatic heterocycles. The number of halogens is 2. The molecule has 1 atom stereocenters. The second-order valence-electron chi connectivity index (χ2n) is 4.31. The molecule has 0 aliphatic rings. The summed E-state index contributed by atoms with van der Waals surface area (Å²) in [7, 11) is 1.36. The van der Waals surface area contributed by atoms with Crippen molar-refractivity contribution >= 4 is 0 Å². The Kier molecular flexibility index (Phi) is 3.81. The third kappa shape index (κ3) is 2.74. The Morgan fingerprint density at radius 3 is 2.11 bits per heavy atom. The van der Waals surface area contributed by atoms with E-state index in [1.165, 1.54) is 25.3 Å². The number of benzene rings is 2. The lowest BCUT2D eigenvalue weighted by Crippen LogP contribution is -2.02. The smallest absolute Gasteiger partial charge is 0.165 e. The highest BCUT2D eigenvalue weighted by Gasteiger charge is 2.14. The van der Waals surface area contributed by atoms with Gasteiger partial charge in [0, 0.05) is 0 Å². The Labute approximate surface area is 110 Å².